The van der Waals surface area contributed by atoms with Crippen molar-refractivity contribution in [2.24, 2.45) is 0 Å². The normalized spacial score (nSPS) is 14.4. The second-order valence-corrected chi connectivity index (χ2v) is 27.3. The SMILES string of the molecule is Cc1ccc(-c2ccc3c(c2)c2c4ccccc4c4c5ccccc5sc4c2n3-c2ccc3c(c2)C(C)(C)c2ccccc2-3)cc1-c1c(Cc2ccc3c(c2)C(C)(C)c2ccccc2-3)c2c(c3ccccc13)-c1ccccc1[I-]2. The number of nitrogens with zero attached hydrogens (tertiary/aromatic N) is 1. The van der Waals surface area contributed by atoms with Crippen LogP contribution < -0.4 is 21.2 Å². The number of rotatable bonds is 5. The van der Waals surface area contributed by atoms with Crippen LogP contribution >= 0.6 is 11.3 Å². The van der Waals surface area contributed by atoms with Crippen LogP contribution in [0.5, 0.6) is 0 Å². The standard InChI is InChI=1S/C76H53INS/c1-43-30-32-45(40-58(43)68-52-20-6-7-21-53(52)69-56-24-12-16-28-65(56)77-72(69)60(68)38-44-31-35-50-48-18-10-14-26-61(48)75(2,3)63(50)39-44)46-33-37-66-59(41-46)70-54-22-8-9-23-55(54)71-57-25-13-17-29-67(57)79-74(71)73(70)78(66)47-34-36-51-49-19-11-15-27-62(49)76(4,5)64(51)42-47/h6-37,39-42H,38H2,1-5H3/q-1. The summed E-state index contributed by atoms with van der Waals surface area (Å²) in [5, 5.41) is 10.6. The second kappa shape index (κ2) is 16.5. The molecule has 3 aliphatic rings. The molecule has 3 heteroatoms. The van der Waals surface area contributed by atoms with Crippen molar-refractivity contribution < 1.29 is 21.2 Å². The monoisotopic (exact) mass is 1140 g/mol. The molecule has 0 saturated heterocycles. The van der Waals surface area contributed by atoms with Crippen molar-refractivity contribution in [1.82, 2.24) is 4.57 Å². The van der Waals surface area contributed by atoms with Crippen LogP contribution in [0, 0.1) is 14.1 Å². The summed E-state index contributed by atoms with van der Waals surface area (Å²) < 4.78 is 8.37. The van der Waals surface area contributed by atoms with Gasteiger partial charge in [-0.05, 0) is 40.5 Å². The fourth-order valence-corrected chi connectivity index (χ4v) is 19.3. The molecule has 2 aliphatic carbocycles. The summed E-state index contributed by atoms with van der Waals surface area (Å²) in [6, 6.07) is 84.1. The second-order valence-electron chi connectivity index (χ2n) is 23.5. The van der Waals surface area contributed by atoms with Crippen LogP contribution in [0.3, 0.4) is 0 Å². The van der Waals surface area contributed by atoms with E-state index in [1.165, 1.54) is 167 Å². The number of hydrogen-bond acceptors (Lipinski definition) is 1. The minimum absolute atomic E-state index is 0.0710. The third-order valence-corrected chi connectivity index (χ3v) is 23.0. The molecule has 12 aromatic carbocycles. The number of benzene rings is 12. The molecular formula is C76H53INS-. The van der Waals surface area contributed by atoms with Gasteiger partial charge in [-0.25, -0.2) is 0 Å². The first kappa shape index (κ1) is 45.9. The molecule has 3 heterocycles. The Hall–Kier alpha value is -8.09. The zero-order valence-electron chi connectivity index (χ0n) is 44.7. The van der Waals surface area contributed by atoms with Gasteiger partial charge in [0.15, 0.2) is 0 Å². The Morgan fingerprint density at radius 1 is 0.430 bits per heavy atom. The molecule has 1 nitrogen and oxygen atoms in total. The number of thiophene rings is 1. The van der Waals surface area contributed by atoms with Crippen LogP contribution in [-0.4, -0.2) is 4.57 Å². The van der Waals surface area contributed by atoms with Gasteiger partial charge in [0, 0.05) is 20.9 Å². The van der Waals surface area contributed by atoms with Gasteiger partial charge in [0.25, 0.3) is 0 Å². The Kier molecular flexibility index (Phi) is 9.57. The first-order valence-corrected chi connectivity index (χ1v) is 30.8. The molecule has 0 bridgehead atoms. The molecule has 79 heavy (non-hydrogen) atoms. The molecule has 0 unspecified atom stereocenters. The van der Waals surface area contributed by atoms with Crippen LogP contribution in [-0.2, 0) is 17.3 Å². The fraction of sp³-hybridized carbons (Fsp3) is 0.105. The van der Waals surface area contributed by atoms with Gasteiger partial charge in [-0.2, -0.15) is 0 Å². The Labute approximate surface area is 474 Å². The number of hydrogen-bond donors (Lipinski definition) is 0. The molecular weight excluding hydrogens is 1090 g/mol. The van der Waals surface area contributed by atoms with Gasteiger partial charge in [0.05, 0.1) is 0 Å². The van der Waals surface area contributed by atoms with Crippen molar-refractivity contribution in [3.05, 3.63) is 264 Å². The topological polar surface area (TPSA) is 4.93 Å². The van der Waals surface area contributed by atoms with E-state index in [0.29, 0.717) is 0 Å². The van der Waals surface area contributed by atoms with Crippen molar-refractivity contribution >= 4 is 74.9 Å². The maximum atomic E-state index is 2.61. The maximum absolute atomic E-state index is 2.61. The minimum atomic E-state index is -0.438. The summed E-state index contributed by atoms with van der Waals surface area (Å²) in [7, 11) is 0. The number of halogens is 1. The Morgan fingerprint density at radius 2 is 1.00 bits per heavy atom. The van der Waals surface area contributed by atoms with Gasteiger partial charge in [-0.1, -0.05) is 80.6 Å². The summed E-state index contributed by atoms with van der Waals surface area (Å²) in [6.45, 7) is 11.9. The Bertz CT molecular complexity index is 5040. The predicted molar refractivity (Wildman–Crippen MR) is 331 cm³/mol. The Morgan fingerprint density at radius 3 is 1.75 bits per heavy atom. The van der Waals surface area contributed by atoms with Crippen LogP contribution in [0.2, 0.25) is 0 Å². The van der Waals surface area contributed by atoms with E-state index in [9.17, 15) is 0 Å². The molecule has 2 aromatic heterocycles. The van der Waals surface area contributed by atoms with Gasteiger partial charge >= 0.3 is 325 Å². The first-order valence-electron chi connectivity index (χ1n) is 27.8. The molecule has 0 N–H and O–H groups in total. The summed E-state index contributed by atoms with van der Waals surface area (Å²) in [5.74, 6) is 0. The fourth-order valence-electron chi connectivity index (χ4n) is 14.7. The molecule has 0 fully saturated rings. The molecule has 0 saturated carbocycles. The summed E-state index contributed by atoms with van der Waals surface area (Å²) in [6.07, 6.45) is 0.871. The van der Waals surface area contributed by atoms with E-state index < -0.39 is 21.2 Å². The number of aryl methyl sites for hydroxylation is 1. The third kappa shape index (κ3) is 6.32. The van der Waals surface area contributed by atoms with Gasteiger partial charge in [0.2, 0.25) is 0 Å². The van der Waals surface area contributed by atoms with E-state index in [1.54, 1.807) is 3.57 Å². The molecule has 0 spiro atoms. The van der Waals surface area contributed by atoms with E-state index in [2.05, 4.69) is 258 Å². The van der Waals surface area contributed by atoms with Crippen LogP contribution in [0.4, 0.5) is 0 Å². The van der Waals surface area contributed by atoms with Crippen molar-refractivity contribution in [3.63, 3.8) is 0 Å². The van der Waals surface area contributed by atoms with Crippen molar-refractivity contribution in [3.8, 4) is 61.3 Å². The summed E-state index contributed by atoms with van der Waals surface area (Å²) in [4.78, 5) is 0. The molecule has 0 atom stereocenters. The van der Waals surface area contributed by atoms with Crippen molar-refractivity contribution in [1.29, 1.82) is 0 Å². The Balaban J connectivity index is 0.900. The van der Waals surface area contributed by atoms with Crippen LogP contribution in [0.15, 0.2) is 218 Å². The van der Waals surface area contributed by atoms with Crippen molar-refractivity contribution in [2.75, 3.05) is 0 Å². The molecule has 17 rings (SSSR count). The van der Waals surface area contributed by atoms with Gasteiger partial charge < -0.3 is 0 Å². The van der Waals surface area contributed by atoms with E-state index >= 15 is 0 Å². The molecule has 1 aliphatic heterocycles. The van der Waals surface area contributed by atoms with Crippen LogP contribution in [0.25, 0.3) is 125 Å². The predicted octanol–water partition coefficient (Wildman–Crippen LogP) is 17.4. The average Bonchev–Trinajstić information content (AvgIpc) is 3.99. The van der Waals surface area contributed by atoms with Gasteiger partial charge in [-0.15, -0.1) is 11.3 Å². The van der Waals surface area contributed by atoms with E-state index in [4.69, 9.17) is 0 Å². The molecule has 0 radical (unpaired) electrons. The molecule has 0 amide bonds. The molecule has 376 valence electrons. The van der Waals surface area contributed by atoms with Crippen molar-refractivity contribution in [2.45, 2.75) is 51.9 Å². The number of aromatic nitrogens is 1. The van der Waals surface area contributed by atoms with E-state index in [-0.39, 0.29) is 10.8 Å². The van der Waals surface area contributed by atoms with Gasteiger partial charge in [-0.3, -0.25) is 0 Å². The summed E-state index contributed by atoms with van der Waals surface area (Å²) >= 11 is 1.50. The van der Waals surface area contributed by atoms with Gasteiger partial charge in [0.1, 0.15) is 0 Å². The van der Waals surface area contributed by atoms with E-state index in [1.807, 2.05) is 11.3 Å². The average molecular weight is 1140 g/mol. The third-order valence-electron chi connectivity index (χ3n) is 18.5. The first-order chi connectivity index (χ1) is 38.6. The number of fused-ring (bicyclic) bond motifs is 21. The zero-order chi connectivity index (χ0) is 52.6. The zero-order valence-corrected chi connectivity index (χ0v) is 47.7. The van der Waals surface area contributed by atoms with Crippen LogP contribution in [0.1, 0.15) is 66.6 Å². The summed E-state index contributed by atoms with van der Waals surface area (Å²) in [5.41, 5.74) is 26.8. The quantitative estimate of drug-likeness (QED) is 0.151. The van der Waals surface area contributed by atoms with E-state index in [0.717, 1.165) is 6.42 Å². The molecule has 14 aromatic rings.